The van der Waals surface area contributed by atoms with Crippen LogP contribution in [0.3, 0.4) is 0 Å². The molecule has 0 amide bonds. The number of aromatic nitrogens is 1. The lowest BCUT2D eigenvalue weighted by atomic mass is 9.90. The number of halogens is 1. The van der Waals surface area contributed by atoms with Gasteiger partial charge in [0.05, 0.1) is 22.9 Å². The number of furan rings is 1. The van der Waals surface area contributed by atoms with Gasteiger partial charge in [0.1, 0.15) is 11.9 Å². The monoisotopic (exact) mass is 420 g/mol. The number of fused-ring (bicyclic) bond motifs is 1. The Balaban J connectivity index is 1.39. The average Bonchev–Trinajstić information content (AvgIpc) is 3.22. The number of aliphatic hydroxyl groups is 2. The molecule has 1 aliphatic heterocycles. The average molecular weight is 421 g/mol. The number of hydrogen-bond acceptors (Lipinski definition) is 7. The Morgan fingerprint density at radius 2 is 1.92 bits per heavy atom. The third kappa shape index (κ3) is 3.32. The molecule has 1 aliphatic carbocycles. The largest absolute Gasteiger partial charge is 0.444 e. The number of nitriles is 1. The Kier molecular flexibility index (Phi) is 4.88. The molecule has 0 unspecified atom stereocenters. The van der Waals surface area contributed by atoms with Gasteiger partial charge in [0.15, 0.2) is 5.58 Å². The summed E-state index contributed by atoms with van der Waals surface area (Å²) >= 11 is 3.57. The molecule has 0 radical (unpaired) electrons. The van der Waals surface area contributed by atoms with Crippen LogP contribution in [0, 0.1) is 11.3 Å². The van der Waals surface area contributed by atoms with E-state index in [9.17, 15) is 10.2 Å². The highest BCUT2D eigenvalue weighted by Gasteiger charge is 2.35. The van der Waals surface area contributed by atoms with Gasteiger partial charge in [-0.3, -0.25) is 4.90 Å². The number of rotatable bonds is 3. The van der Waals surface area contributed by atoms with Gasteiger partial charge in [-0.25, -0.2) is 4.98 Å². The topological polar surface area (TPSA) is 106 Å². The highest BCUT2D eigenvalue weighted by molar-refractivity contribution is 9.10. The quantitative estimate of drug-likeness (QED) is 0.698. The molecule has 0 bridgehead atoms. The van der Waals surface area contributed by atoms with E-state index in [0.717, 1.165) is 41.4 Å². The van der Waals surface area contributed by atoms with E-state index in [1.165, 1.54) is 0 Å². The zero-order valence-electron chi connectivity index (χ0n) is 14.2. The molecule has 3 heterocycles. The molecule has 2 fully saturated rings. The van der Waals surface area contributed by atoms with Crippen molar-refractivity contribution < 1.29 is 14.6 Å². The molecule has 0 spiro atoms. The van der Waals surface area contributed by atoms with E-state index >= 15 is 0 Å². The lowest BCUT2D eigenvalue weighted by Crippen LogP contribution is -2.40. The fraction of sp³-hybridized carbons (Fsp3) is 0.556. The summed E-state index contributed by atoms with van der Waals surface area (Å²) < 4.78 is 6.22. The third-order valence-corrected chi connectivity index (χ3v) is 6.27. The van der Waals surface area contributed by atoms with Gasteiger partial charge in [-0.15, -0.1) is 0 Å². The SMILES string of the molecule is N#Cc1cc2c(Br)c(NC3CCC(N4C[C@@H](O)[C@H](O)C4)CC3)ncc2o1. The molecule has 2 aromatic rings. The van der Waals surface area contributed by atoms with Gasteiger partial charge < -0.3 is 19.9 Å². The normalized spacial score (nSPS) is 29.8. The Hall–Kier alpha value is -1.66. The van der Waals surface area contributed by atoms with Crippen molar-refractivity contribution in [2.75, 3.05) is 18.4 Å². The van der Waals surface area contributed by atoms with Crippen molar-refractivity contribution in [2.45, 2.75) is 50.0 Å². The summed E-state index contributed by atoms with van der Waals surface area (Å²) in [6.07, 6.45) is 4.48. The first-order chi connectivity index (χ1) is 12.5. The number of anilines is 1. The summed E-state index contributed by atoms with van der Waals surface area (Å²) in [5, 5.41) is 32.8. The van der Waals surface area contributed by atoms with Gasteiger partial charge in [0, 0.05) is 36.6 Å². The maximum atomic E-state index is 9.74. The van der Waals surface area contributed by atoms with Crippen molar-refractivity contribution >= 4 is 32.7 Å². The van der Waals surface area contributed by atoms with Crippen LogP contribution in [0.4, 0.5) is 5.82 Å². The first-order valence-electron chi connectivity index (χ1n) is 8.90. The second kappa shape index (κ2) is 7.16. The highest BCUT2D eigenvalue weighted by atomic mass is 79.9. The molecule has 1 saturated heterocycles. The molecule has 2 aliphatic rings. The van der Waals surface area contributed by atoms with Crippen LogP contribution in [0.25, 0.3) is 11.0 Å². The van der Waals surface area contributed by atoms with Gasteiger partial charge in [0.2, 0.25) is 5.76 Å². The van der Waals surface area contributed by atoms with Crippen molar-refractivity contribution in [2.24, 2.45) is 0 Å². The summed E-state index contributed by atoms with van der Waals surface area (Å²) in [5.74, 6) is 1.04. The second-order valence-corrected chi connectivity index (χ2v) is 7.95. The zero-order valence-corrected chi connectivity index (χ0v) is 15.8. The maximum absolute atomic E-state index is 9.74. The molecule has 138 valence electrons. The fourth-order valence-corrected chi connectivity index (χ4v) is 4.54. The van der Waals surface area contributed by atoms with Crippen molar-refractivity contribution in [1.82, 2.24) is 9.88 Å². The number of nitrogens with one attached hydrogen (secondary N) is 1. The molecule has 1 saturated carbocycles. The summed E-state index contributed by atoms with van der Waals surface area (Å²) in [6.45, 7) is 1.13. The summed E-state index contributed by atoms with van der Waals surface area (Å²) in [6, 6.07) is 4.47. The lowest BCUT2D eigenvalue weighted by molar-refractivity contribution is 0.0572. The number of nitrogens with zero attached hydrogens (tertiary/aromatic N) is 3. The first-order valence-corrected chi connectivity index (χ1v) is 9.69. The minimum Gasteiger partial charge on any atom is -0.444 e. The molecule has 0 aromatic carbocycles. The van der Waals surface area contributed by atoms with Crippen LogP contribution in [-0.2, 0) is 0 Å². The van der Waals surface area contributed by atoms with Crippen molar-refractivity contribution in [3.8, 4) is 6.07 Å². The maximum Gasteiger partial charge on any atom is 0.204 e. The summed E-state index contributed by atoms with van der Waals surface area (Å²) in [7, 11) is 0. The van der Waals surface area contributed by atoms with Crippen LogP contribution in [0.5, 0.6) is 0 Å². The van der Waals surface area contributed by atoms with Crippen molar-refractivity contribution in [3.63, 3.8) is 0 Å². The standard InChI is InChI=1S/C18H21BrN4O3/c19-17-13-5-12(6-20)26-16(13)7-21-18(17)22-10-1-3-11(4-2-10)23-8-14(24)15(25)9-23/h5,7,10-11,14-15,24-25H,1-4,8-9H2,(H,21,22)/t10?,11?,14-,15-/m1/s1. The Morgan fingerprint density at radius 3 is 2.58 bits per heavy atom. The van der Waals surface area contributed by atoms with Crippen LogP contribution in [0.2, 0.25) is 0 Å². The van der Waals surface area contributed by atoms with Gasteiger partial charge >= 0.3 is 0 Å². The van der Waals surface area contributed by atoms with Crippen LogP contribution in [0.1, 0.15) is 31.4 Å². The molecule has 3 N–H and O–H groups in total. The van der Waals surface area contributed by atoms with Crippen molar-refractivity contribution in [3.05, 3.63) is 22.5 Å². The Labute approximate surface area is 159 Å². The Morgan fingerprint density at radius 1 is 1.23 bits per heavy atom. The fourth-order valence-electron chi connectivity index (χ4n) is 4.01. The third-order valence-electron chi connectivity index (χ3n) is 5.47. The predicted molar refractivity (Wildman–Crippen MR) is 99.7 cm³/mol. The minimum absolute atomic E-state index is 0.273. The van der Waals surface area contributed by atoms with E-state index in [1.54, 1.807) is 12.3 Å². The summed E-state index contributed by atoms with van der Waals surface area (Å²) in [4.78, 5) is 6.64. The summed E-state index contributed by atoms with van der Waals surface area (Å²) in [5.41, 5.74) is 0.592. The molecule has 2 atom stereocenters. The molecular weight excluding hydrogens is 400 g/mol. The van der Waals surface area contributed by atoms with Gasteiger partial charge in [0.25, 0.3) is 0 Å². The van der Waals surface area contributed by atoms with E-state index in [0.29, 0.717) is 30.8 Å². The van der Waals surface area contributed by atoms with E-state index in [1.807, 2.05) is 6.07 Å². The van der Waals surface area contributed by atoms with Gasteiger partial charge in [-0.05, 0) is 41.6 Å². The van der Waals surface area contributed by atoms with E-state index < -0.39 is 12.2 Å². The number of pyridine rings is 1. The number of aliphatic hydroxyl groups excluding tert-OH is 2. The van der Waals surface area contributed by atoms with E-state index in [4.69, 9.17) is 9.68 Å². The minimum atomic E-state index is -0.619. The highest BCUT2D eigenvalue weighted by Crippen LogP contribution is 2.34. The van der Waals surface area contributed by atoms with E-state index in [-0.39, 0.29) is 5.76 Å². The van der Waals surface area contributed by atoms with E-state index in [2.05, 4.69) is 31.1 Å². The smallest absolute Gasteiger partial charge is 0.204 e. The van der Waals surface area contributed by atoms with Crippen LogP contribution in [-0.4, -0.2) is 57.5 Å². The number of likely N-dealkylation sites (tertiary alicyclic amines) is 1. The van der Waals surface area contributed by atoms with Crippen LogP contribution >= 0.6 is 15.9 Å². The van der Waals surface area contributed by atoms with Crippen molar-refractivity contribution in [1.29, 1.82) is 5.26 Å². The van der Waals surface area contributed by atoms with Crippen LogP contribution in [0.15, 0.2) is 21.2 Å². The first kappa shape index (κ1) is 17.7. The molecule has 7 nitrogen and oxygen atoms in total. The molecule has 26 heavy (non-hydrogen) atoms. The molecule has 8 heteroatoms. The second-order valence-electron chi connectivity index (χ2n) is 7.16. The van der Waals surface area contributed by atoms with Gasteiger partial charge in [-0.2, -0.15) is 5.26 Å². The number of hydrogen-bond donors (Lipinski definition) is 3. The zero-order chi connectivity index (χ0) is 18.3. The van der Waals surface area contributed by atoms with Crippen LogP contribution < -0.4 is 5.32 Å². The molecular formula is C18H21BrN4O3. The van der Waals surface area contributed by atoms with Gasteiger partial charge in [-0.1, -0.05) is 0 Å². The lowest BCUT2D eigenvalue weighted by Gasteiger charge is -2.35. The molecule has 4 rings (SSSR count). The number of β-amino-alcohol motifs (C(OH)–C–C–N with tert-alkyl or cyclic N) is 2. The molecule has 2 aromatic heterocycles. The predicted octanol–water partition coefficient (Wildman–Crippen LogP) is 2.22. The Bertz CT molecular complexity index is 831.